The van der Waals surface area contributed by atoms with Crippen LogP contribution in [0.2, 0.25) is 0 Å². The highest BCUT2D eigenvalue weighted by molar-refractivity contribution is 7.14. The van der Waals surface area contributed by atoms with Gasteiger partial charge in [-0.1, -0.05) is 30.3 Å². The number of nitrogens with zero attached hydrogens (tertiary/aromatic N) is 3. The SMILES string of the molecule is CC(=O)N(c1ccccc1)c1nc(/C=C/C(=O)Nc2ccc(-c3nc4ccccc4[nH]3)cc2)cs1. The van der Waals surface area contributed by atoms with Crippen LogP contribution in [0.15, 0.2) is 90.3 Å². The summed E-state index contributed by atoms with van der Waals surface area (Å²) in [6, 6.07) is 24.7. The highest BCUT2D eigenvalue weighted by Crippen LogP contribution is 2.29. The predicted octanol–water partition coefficient (Wildman–Crippen LogP) is 6.02. The van der Waals surface area contributed by atoms with E-state index in [1.54, 1.807) is 16.4 Å². The molecule has 7 nitrogen and oxygen atoms in total. The number of para-hydroxylation sites is 3. The molecule has 0 radical (unpaired) electrons. The fourth-order valence-corrected chi connectivity index (χ4v) is 4.46. The zero-order valence-electron chi connectivity index (χ0n) is 18.8. The molecule has 8 heteroatoms. The van der Waals surface area contributed by atoms with Crippen molar-refractivity contribution in [1.82, 2.24) is 15.0 Å². The van der Waals surface area contributed by atoms with Gasteiger partial charge in [-0.3, -0.25) is 14.5 Å². The Balaban J connectivity index is 1.24. The number of anilines is 3. The van der Waals surface area contributed by atoms with E-state index in [1.807, 2.05) is 78.9 Å². The minimum Gasteiger partial charge on any atom is -0.338 e. The van der Waals surface area contributed by atoms with Crippen LogP contribution in [0.3, 0.4) is 0 Å². The topological polar surface area (TPSA) is 91.0 Å². The van der Waals surface area contributed by atoms with Gasteiger partial charge in [0, 0.05) is 29.6 Å². The Kier molecular flexibility index (Phi) is 6.19. The van der Waals surface area contributed by atoms with E-state index < -0.39 is 0 Å². The third-order valence-corrected chi connectivity index (χ3v) is 6.10. The van der Waals surface area contributed by atoms with Gasteiger partial charge in [-0.2, -0.15) is 0 Å². The monoisotopic (exact) mass is 479 g/mol. The number of aromatic nitrogens is 3. The average Bonchev–Trinajstić information content (AvgIpc) is 3.51. The second-order valence-electron chi connectivity index (χ2n) is 7.75. The fraction of sp³-hybridized carbons (Fsp3) is 0.0370. The summed E-state index contributed by atoms with van der Waals surface area (Å²) < 4.78 is 0. The molecule has 2 aromatic heterocycles. The van der Waals surface area contributed by atoms with Crippen LogP contribution >= 0.6 is 11.3 Å². The first-order valence-electron chi connectivity index (χ1n) is 10.9. The molecule has 0 bridgehead atoms. The van der Waals surface area contributed by atoms with Gasteiger partial charge in [0.2, 0.25) is 11.8 Å². The zero-order chi connectivity index (χ0) is 24.2. The van der Waals surface area contributed by atoms with E-state index in [0.717, 1.165) is 28.1 Å². The maximum absolute atomic E-state index is 12.4. The Morgan fingerprint density at radius 1 is 0.943 bits per heavy atom. The van der Waals surface area contributed by atoms with Gasteiger partial charge in [0.25, 0.3) is 0 Å². The molecule has 35 heavy (non-hydrogen) atoms. The van der Waals surface area contributed by atoms with Gasteiger partial charge in [-0.15, -0.1) is 11.3 Å². The van der Waals surface area contributed by atoms with Crippen LogP contribution in [0.5, 0.6) is 0 Å². The third kappa shape index (κ3) is 5.02. The molecule has 0 saturated heterocycles. The molecular weight excluding hydrogens is 458 g/mol. The Bertz CT molecular complexity index is 1490. The molecule has 0 spiro atoms. The van der Waals surface area contributed by atoms with E-state index in [2.05, 4.69) is 20.3 Å². The van der Waals surface area contributed by atoms with Crippen molar-refractivity contribution in [3.63, 3.8) is 0 Å². The average molecular weight is 480 g/mol. The van der Waals surface area contributed by atoms with Gasteiger partial charge >= 0.3 is 0 Å². The van der Waals surface area contributed by atoms with Crippen molar-refractivity contribution in [2.75, 3.05) is 10.2 Å². The molecule has 2 heterocycles. The fourth-order valence-electron chi connectivity index (χ4n) is 3.61. The maximum Gasteiger partial charge on any atom is 0.248 e. The van der Waals surface area contributed by atoms with Gasteiger partial charge in [0.05, 0.1) is 22.4 Å². The van der Waals surface area contributed by atoms with E-state index in [1.165, 1.54) is 24.3 Å². The molecule has 5 aromatic rings. The van der Waals surface area contributed by atoms with E-state index in [9.17, 15) is 9.59 Å². The van der Waals surface area contributed by atoms with E-state index in [-0.39, 0.29) is 11.8 Å². The summed E-state index contributed by atoms with van der Waals surface area (Å²) in [5.74, 6) is 0.367. The normalized spacial score (nSPS) is 11.1. The predicted molar refractivity (Wildman–Crippen MR) is 141 cm³/mol. The number of benzene rings is 3. The van der Waals surface area contributed by atoms with Crippen molar-refractivity contribution in [1.29, 1.82) is 0 Å². The van der Waals surface area contributed by atoms with E-state index >= 15 is 0 Å². The van der Waals surface area contributed by atoms with Crippen LogP contribution in [-0.4, -0.2) is 26.8 Å². The van der Waals surface area contributed by atoms with Gasteiger partial charge in [-0.25, -0.2) is 9.97 Å². The second-order valence-corrected chi connectivity index (χ2v) is 8.58. The van der Waals surface area contributed by atoms with Crippen molar-refractivity contribution >= 4 is 56.8 Å². The lowest BCUT2D eigenvalue weighted by atomic mass is 10.2. The first-order chi connectivity index (χ1) is 17.1. The number of amides is 2. The molecule has 3 aromatic carbocycles. The lowest BCUT2D eigenvalue weighted by molar-refractivity contribution is -0.116. The number of hydrogen-bond acceptors (Lipinski definition) is 5. The summed E-state index contributed by atoms with van der Waals surface area (Å²) in [5.41, 5.74) is 4.83. The van der Waals surface area contributed by atoms with Crippen molar-refractivity contribution in [3.8, 4) is 11.4 Å². The lowest BCUT2D eigenvalue weighted by Crippen LogP contribution is -2.22. The Morgan fingerprint density at radius 2 is 1.69 bits per heavy atom. The Labute approximate surface area is 205 Å². The van der Waals surface area contributed by atoms with Gasteiger partial charge in [-0.05, 0) is 54.6 Å². The summed E-state index contributed by atoms with van der Waals surface area (Å²) in [5, 5.41) is 5.20. The van der Waals surface area contributed by atoms with Crippen molar-refractivity contribution in [3.05, 3.63) is 96.0 Å². The molecule has 0 fully saturated rings. The van der Waals surface area contributed by atoms with Crippen LogP contribution in [0.1, 0.15) is 12.6 Å². The molecular formula is C27H21N5O2S. The molecule has 0 aliphatic carbocycles. The second kappa shape index (κ2) is 9.74. The summed E-state index contributed by atoms with van der Waals surface area (Å²) in [4.78, 5) is 38.5. The number of imidazole rings is 1. The molecule has 0 aliphatic rings. The molecule has 172 valence electrons. The largest absolute Gasteiger partial charge is 0.338 e. The highest BCUT2D eigenvalue weighted by atomic mass is 32.1. The summed E-state index contributed by atoms with van der Waals surface area (Å²) in [7, 11) is 0. The Morgan fingerprint density at radius 3 is 2.43 bits per heavy atom. The number of carbonyl (C=O) groups excluding carboxylic acids is 2. The third-order valence-electron chi connectivity index (χ3n) is 5.25. The smallest absolute Gasteiger partial charge is 0.248 e. The minimum atomic E-state index is -0.275. The number of carbonyl (C=O) groups is 2. The summed E-state index contributed by atoms with van der Waals surface area (Å²) in [6.45, 7) is 1.50. The lowest BCUT2D eigenvalue weighted by Gasteiger charge is -2.17. The molecule has 0 atom stereocenters. The minimum absolute atomic E-state index is 0.134. The highest BCUT2D eigenvalue weighted by Gasteiger charge is 2.17. The maximum atomic E-state index is 12.4. The number of aromatic amines is 1. The quantitative estimate of drug-likeness (QED) is 0.291. The van der Waals surface area contributed by atoms with Crippen LogP contribution < -0.4 is 10.2 Å². The molecule has 2 amide bonds. The standard InChI is InChI=1S/C27H21N5O2S/c1-18(33)32(22-7-3-2-4-8-22)27-29-21(17-35-27)15-16-25(34)28-20-13-11-19(12-14-20)26-30-23-9-5-6-10-24(23)31-26/h2-17H,1H3,(H,28,34)(H,30,31)/b16-15+. The number of rotatable bonds is 6. The van der Waals surface area contributed by atoms with Crippen LogP contribution in [-0.2, 0) is 9.59 Å². The van der Waals surface area contributed by atoms with Crippen LogP contribution in [0.4, 0.5) is 16.5 Å². The number of thiazole rings is 1. The first-order valence-corrected chi connectivity index (χ1v) is 11.8. The van der Waals surface area contributed by atoms with E-state index in [0.29, 0.717) is 16.5 Å². The van der Waals surface area contributed by atoms with Crippen LogP contribution in [0, 0.1) is 0 Å². The van der Waals surface area contributed by atoms with Crippen LogP contribution in [0.25, 0.3) is 28.5 Å². The Hall–Kier alpha value is -4.56. The summed E-state index contributed by atoms with van der Waals surface area (Å²) in [6.07, 6.45) is 3.05. The molecule has 0 unspecified atom stereocenters. The van der Waals surface area contributed by atoms with Crippen molar-refractivity contribution in [2.24, 2.45) is 0 Å². The van der Waals surface area contributed by atoms with Crippen molar-refractivity contribution in [2.45, 2.75) is 6.92 Å². The van der Waals surface area contributed by atoms with Gasteiger partial charge in [0.1, 0.15) is 5.82 Å². The first kappa shape index (κ1) is 22.2. The molecule has 0 saturated carbocycles. The number of hydrogen-bond donors (Lipinski definition) is 2. The van der Waals surface area contributed by atoms with Crippen molar-refractivity contribution < 1.29 is 9.59 Å². The number of nitrogens with one attached hydrogen (secondary N) is 2. The molecule has 5 rings (SSSR count). The zero-order valence-corrected chi connectivity index (χ0v) is 19.6. The molecule has 0 aliphatic heterocycles. The van der Waals surface area contributed by atoms with E-state index in [4.69, 9.17) is 0 Å². The molecule has 2 N–H and O–H groups in total. The van der Waals surface area contributed by atoms with Gasteiger partial charge < -0.3 is 10.3 Å². The van der Waals surface area contributed by atoms with Gasteiger partial charge in [0.15, 0.2) is 5.13 Å². The summed E-state index contributed by atoms with van der Waals surface area (Å²) >= 11 is 1.34. The number of H-pyrrole nitrogens is 1. The number of fused-ring (bicyclic) bond motifs is 1.